The van der Waals surface area contributed by atoms with E-state index in [0.717, 1.165) is 5.01 Å². The van der Waals surface area contributed by atoms with Gasteiger partial charge in [-0.1, -0.05) is 6.08 Å². The molecular formula is C9H18N4O3. The Kier molecular flexibility index (Phi) is 4.69. The number of rotatable bonds is 5. The summed E-state index contributed by atoms with van der Waals surface area (Å²) >= 11 is 0. The molecule has 16 heavy (non-hydrogen) atoms. The molecule has 1 rings (SSSR count). The van der Waals surface area contributed by atoms with Crippen molar-refractivity contribution in [3.63, 3.8) is 0 Å². The second-order valence-electron chi connectivity index (χ2n) is 3.50. The zero-order chi connectivity index (χ0) is 12.0. The molecule has 1 amide bonds. The molecule has 1 fully saturated rings. The third kappa shape index (κ3) is 2.92. The van der Waals surface area contributed by atoms with E-state index in [9.17, 15) is 10.0 Å². The molecule has 3 N–H and O–H groups in total. The molecule has 0 bridgehead atoms. The number of nitrogens with one attached hydrogen (secondary N) is 1. The Labute approximate surface area is 94.6 Å². The summed E-state index contributed by atoms with van der Waals surface area (Å²) < 4.78 is 4.11. The van der Waals surface area contributed by atoms with E-state index in [-0.39, 0.29) is 26.4 Å². The number of hydroxylamine groups is 2. The van der Waals surface area contributed by atoms with Crippen molar-refractivity contribution in [1.29, 1.82) is 0 Å². The second-order valence-corrected chi connectivity index (χ2v) is 3.50. The molecule has 0 saturated carbocycles. The molecular weight excluding hydrogens is 212 g/mol. The number of hydrogen-bond donors (Lipinski definition) is 2. The van der Waals surface area contributed by atoms with Crippen LogP contribution in [0.1, 0.15) is 0 Å². The van der Waals surface area contributed by atoms with Gasteiger partial charge in [-0.25, -0.2) is 9.55 Å². The molecule has 1 heterocycles. The predicted octanol–water partition coefficient (Wildman–Crippen LogP) is -0.640. The maximum Gasteiger partial charge on any atom is 0.455 e. The van der Waals surface area contributed by atoms with Crippen LogP contribution < -0.4 is 11.1 Å². The molecule has 7 nitrogen and oxygen atoms in total. The predicted molar refractivity (Wildman–Crippen MR) is 58.7 cm³/mol. The van der Waals surface area contributed by atoms with Crippen LogP contribution in [-0.2, 0) is 4.74 Å². The van der Waals surface area contributed by atoms with Crippen LogP contribution in [0.4, 0.5) is 4.79 Å². The van der Waals surface area contributed by atoms with Gasteiger partial charge in [-0.3, -0.25) is 5.32 Å². The maximum atomic E-state index is 12.2. The lowest BCUT2D eigenvalue weighted by Crippen LogP contribution is -2.58. The summed E-state index contributed by atoms with van der Waals surface area (Å²) in [6.45, 7) is 5.10. The zero-order valence-electron chi connectivity index (χ0n) is 9.22. The highest BCUT2D eigenvalue weighted by molar-refractivity contribution is 5.66. The minimum absolute atomic E-state index is 0.111. The Morgan fingerprint density at radius 2 is 2.50 bits per heavy atom. The van der Waals surface area contributed by atoms with Crippen molar-refractivity contribution in [2.24, 2.45) is 5.73 Å². The first-order chi connectivity index (χ1) is 7.64. The molecule has 0 aromatic rings. The van der Waals surface area contributed by atoms with E-state index in [1.807, 2.05) is 0 Å². The first kappa shape index (κ1) is 12.9. The normalized spacial score (nSPS) is 24.1. The van der Waals surface area contributed by atoms with Crippen LogP contribution in [0.15, 0.2) is 12.7 Å². The number of amides is 1. The first-order valence-electron chi connectivity index (χ1n) is 5.18. The number of nitrogens with two attached hydrogens (primary N) is 1. The van der Waals surface area contributed by atoms with Gasteiger partial charge in [-0.2, -0.15) is 0 Å². The van der Waals surface area contributed by atoms with Crippen LogP contribution in [0.5, 0.6) is 0 Å². The van der Waals surface area contributed by atoms with Gasteiger partial charge in [0.2, 0.25) is 0 Å². The van der Waals surface area contributed by atoms with E-state index >= 15 is 0 Å². The van der Waals surface area contributed by atoms with Crippen LogP contribution in [0.2, 0.25) is 0 Å². The van der Waals surface area contributed by atoms with Crippen LogP contribution >= 0.6 is 0 Å². The average molecular weight is 230 g/mol. The summed E-state index contributed by atoms with van der Waals surface area (Å²) in [5, 5.41) is 16.2. The molecule has 0 aromatic heterocycles. The molecule has 1 aliphatic heterocycles. The van der Waals surface area contributed by atoms with Gasteiger partial charge in [0.05, 0.1) is 13.1 Å². The van der Waals surface area contributed by atoms with Crippen molar-refractivity contribution in [1.82, 2.24) is 10.3 Å². The molecule has 0 aromatic carbocycles. The van der Waals surface area contributed by atoms with E-state index in [1.165, 1.54) is 6.08 Å². The fourth-order valence-electron chi connectivity index (χ4n) is 1.51. The van der Waals surface area contributed by atoms with Crippen molar-refractivity contribution >= 4 is 6.09 Å². The Hall–Kier alpha value is -1.15. The summed E-state index contributed by atoms with van der Waals surface area (Å²) in [7, 11) is 0. The molecule has 7 heteroatoms. The molecule has 0 radical (unpaired) electrons. The fraction of sp³-hybridized carbons (Fsp3) is 0.667. The summed E-state index contributed by atoms with van der Waals surface area (Å²) in [4.78, 5) is 11.6. The topological polar surface area (TPSA) is 90.7 Å². The number of quaternary nitrogens is 1. The summed E-state index contributed by atoms with van der Waals surface area (Å²) in [5.41, 5.74) is 5.23. The minimum atomic E-state index is -0.741. The molecule has 0 spiro atoms. The van der Waals surface area contributed by atoms with Gasteiger partial charge in [0.1, 0.15) is 13.2 Å². The summed E-state index contributed by atoms with van der Waals surface area (Å²) in [6, 6.07) is 0. The van der Waals surface area contributed by atoms with E-state index in [0.29, 0.717) is 13.1 Å². The quantitative estimate of drug-likeness (QED) is 0.372. The molecule has 1 saturated heterocycles. The van der Waals surface area contributed by atoms with Crippen LogP contribution in [-0.4, -0.2) is 55.3 Å². The van der Waals surface area contributed by atoms with Crippen molar-refractivity contribution in [2.45, 2.75) is 0 Å². The molecule has 92 valence electrons. The number of hydrogen-bond acceptors (Lipinski definition) is 5. The lowest BCUT2D eigenvalue weighted by Gasteiger charge is -2.43. The Bertz CT molecular complexity index is 253. The zero-order valence-corrected chi connectivity index (χ0v) is 9.22. The maximum absolute atomic E-state index is 12.2. The molecule has 1 unspecified atom stereocenters. The molecule has 1 aliphatic rings. The average Bonchev–Trinajstić information content (AvgIpc) is 2.70. The van der Waals surface area contributed by atoms with Gasteiger partial charge >= 0.3 is 6.09 Å². The van der Waals surface area contributed by atoms with Gasteiger partial charge in [-0.05, 0) is 0 Å². The molecule has 1 atom stereocenters. The van der Waals surface area contributed by atoms with Gasteiger partial charge in [-0.15, -0.1) is 11.6 Å². The number of ether oxygens (including phenoxy) is 1. The monoisotopic (exact) mass is 230 g/mol. The minimum Gasteiger partial charge on any atom is -0.605 e. The number of carbonyl (C=O) groups is 1. The molecule has 0 aliphatic carbocycles. The SMILES string of the molecule is C=CCN(C(=O)OCCN)[N+]1([O-])CCNC1. The van der Waals surface area contributed by atoms with Gasteiger partial charge in [0.15, 0.2) is 6.67 Å². The Balaban J connectivity index is 2.65. The first-order valence-corrected chi connectivity index (χ1v) is 5.18. The fourth-order valence-corrected chi connectivity index (χ4v) is 1.51. The van der Waals surface area contributed by atoms with Crippen molar-refractivity contribution in [3.8, 4) is 0 Å². The Morgan fingerprint density at radius 1 is 1.75 bits per heavy atom. The highest BCUT2D eigenvalue weighted by atomic mass is 16.6. The highest BCUT2D eigenvalue weighted by Gasteiger charge is 2.34. The lowest BCUT2D eigenvalue weighted by molar-refractivity contribution is -0.971. The van der Waals surface area contributed by atoms with E-state index < -0.39 is 10.8 Å². The number of carbonyl (C=O) groups excluding carboxylic acids is 1. The van der Waals surface area contributed by atoms with E-state index in [2.05, 4.69) is 11.9 Å². The second kappa shape index (κ2) is 5.80. The smallest absolute Gasteiger partial charge is 0.455 e. The summed E-state index contributed by atoms with van der Waals surface area (Å²) in [5.74, 6) is 0. The third-order valence-electron chi connectivity index (χ3n) is 2.29. The van der Waals surface area contributed by atoms with E-state index in [4.69, 9.17) is 10.5 Å². The highest BCUT2D eigenvalue weighted by Crippen LogP contribution is 2.14. The van der Waals surface area contributed by atoms with Gasteiger partial charge < -0.3 is 15.7 Å². The third-order valence-corrected chi connectivity index (χ3v) is 2.29. The van der Waals surface area contributed by atoms with E-state index in [1.54, 1.807) is 0 Å². The van der Waals surface area contributed by atoms with Gasteiger partial charge in [0, 0.05) is 6.54 Å². The van der Waals surface area contributed by atoms with Crippen LogP contribution in [0.3, 0.4) is 0 Å². The lowest BCUT2D eigenvalue weighted by atomic mass is 10.6. The van der Waals surface area contributed by atoms with Crippen molar-refractivity contribution in [3.05, 3.63) is 17.9 Å². The van der Waals surface area contributed by atoms with Crippen LogP contribution in [0.25, 0.3) is 0 Å². The largest absolute Gasteiger partial charge is 0.605 e. The standard InChI is InChI=1S/C9H18N4O3/c1-2-5-12(9(14)16-7-3-10)13(15)6-4-11-8-13/h2,11H,1,3-8,10H2. The van der Waals surface area contributed by atoms with Crippen molar-refractivity contribution in [2.75, 3.05) is 39.5 Å². The number of nitrogens with zero attached hydrogens (tertiary/aromatic N) is 2. The Morgan fingerprint density at radius 3 is 3.00 bits per heavy atom. The van der Waals surface area contributed by atoms with Gasteiger partial charge in [0.25, 0.3) is 0 Å². The summed E-state index contributed by atoms with van der Waals surface area (Å²) in [6.07, 6.45) is 0.851. The van der Waals surface area contributed by atoms with Crippen molar-refractivity contribution < 1.29 is 14.3 Å². The van der Waals surface area contributed by atoms with Crippen LogP contribution in [0, 0.1) is 5.21 Å².